The molecule has 0 unspecified atom stereocenters. The Balaban J connectivity index is 2.36. The Morgan fingerprint density at radius 3 is 1.71 bits per heavy atom. The van der Waals surface area contributed by atoms with Crippen molar-refractivity contribution in [3.8, 4) is 18.2 Å². The van der Waals surface area contributed by atoms with Crippen LogP contribution < -0.4 is 4.90 Å². The molecule has 0 aliphatic heterocycles. The fourth-order valence-electron chi connectivity index (χ4n) is 3.25. The summed E-state index contributed by atoms with van der Waals surface area (Å²) >= 11 is 0. The largest absolute Gasteiger partial charge is 0.375 e. The molecule has 0 heterocycles. The van der Waals surface area contributed by atoms with Gasteiger partial charge in [0, 0.05) is 19.3 Å². The van der Waals surface area contributed by atoms with Crippen LogP contribution in [0.25, 0.3) is 5.57 Å². The molecule has 0 fully saturated rings. The molecule has 0 amide bonds. The molecule has 0 aromatic heterocycles. The van der Waals surface area contributed by atoms with Crippen molar-refractivity contribution in [1.29, 1.82) is 15.8 Å². The van der Waals surface area contributed by atoms with Crippen molar-refractivity contribution in [2.45, 2.75) is 71.1 Å². The molecule has 1 aromatic rings. The van der Waals surface area contributed by atoms with Gasteiger partial charge in [-0.05, 0) is 24.1 Å². The molecule has 4 nitrogen and oxygen atoms in total. The first kappa shape index (κ1) is 23.3. The number of hydrogen-bond donors (Lipinski definition) is 0. The molecule has 148 valence electrons. The van der Waals surface area contributed by atoms with Gasteiger partial charge in [0.05, 0.1) is 5.57 Å². The summed E-state index contributed by atoms with van der Waals surface area (Å²) in [5.41, 5.74) is 1.67. The van der Waals surface area contributed by atoms with Crippen molar-refractivity contribution in [2.24, 2.45) is 0 Å². The summed E-state index contributed by atoms with van der Waals surface area (Å²) in [5, 5.41) is 27.2. The van der Waals surface area contributed by atoms with E-state index < -0.39 is 0 Å². The maximum Gasteiger partial charge on any atom is 0.148 e. The highest BCUT2D eigenvalue weighted by Crippen LogP contribution is 2.22. The van der Waals surface area contributed by atoms with Crippen LogP contribution in [0.2, 0.25) is 0 Å². The van der Waals surface area contributed by atoms with Crippen LogP contribution >= 0.6 is 0 Å². The van der Waals surface area contributed by atoms with Crippen LogP contribution in [0.5, 0.6) is 0 Å². The number of anilines is 1. The van der Waals surface area contributed by atoms with E-state index in [9.17, 15) is 5.26 Å². The van der Waals surface area contributed by atoms with E-state index in [0.717, 1.165) is 12.2 Å². The molecule has 0 aliphatic rings. The fraction of sp³-hybridized carbons (Fsp3) is 0.542. The van der Waals surface area contributed by atoms with Gasteiger partial charge in [0.1, 0.15) is 23.8 Å². The van der Waals surface area contributed by atoms with Crippen LogP contribution in [-0.2, 0) is 0 Å². The lowest BCUT2D eigenvalue weighted by Gasteiger charge is -2.19. The second-order valence-corrected chi connectivity index (χ2v) is 7.24. The van der Waals surface area contributed by atoms with E-state index in [0.29, 0.717) is 5.56 Å². The minimum absolute atomic E-state index is 0.133. The van der Waals surface area contributed by atoms with E-state index in [1.807, 2.05) is 18.2 Å². The molecule has 28 heavy (non-hydrogen) atoms. The molecule has 0 spiro atoms. The zero-order valence-corrected chi connectivity index (χ0v) is 17.4. The van der Waals surface area contributed by atoms with Crippen molar-refractivity contribution in [2.75, 3.05) is 18.5 Å². The molecule has 1 aromatic carbocycles. The molecule has 0 saturated heterocycles. The Kier molecular flexibility index (Phi) is 11.9. The van der Waals surface area contributed by atoms with E-state index in [1.165, 1.54) is 64.2 Å². The molecule has 1 rings (SSSR count). The molecule has 0 bridgehead atoms. The van der Waals surface area contributed by atoms with Crippen molar-refractivity contribution in [3.05, 3.63) is 35.4 Å². The number of hydrogen-bond acceptors (Lipinski definition) is 4. The zero-order chi connectivity index (χ0) is 20.6. The van der Waals surface area contributed by atoms with Gasteiger partial charge in [-0.25, -0.2) is 0 Å². The summed E-state index contributed by atoms with van der Waals surface area (Å²) in [7, 11) is 2.07. The Hall–Kier alpha value is -2.77. The molecule has 0 radical (unpaired) electrons. The summed E-state index contributed by atoms with van der Waals surface area (Å²) in [6, 6.07) is 13.0. The van der Waals surface area contributed by atoms with Gasteiger partial charge in [-0.15, -0.1) is 0 Å². The smallest absolute Gasteiger partial charge is 0.148 e. The van der Waals surface area contributed by atoms with E-state index in [-0.39, 0.29) is 11.1 Å². The lowest BCUT2D eigenvalue weighted by Crippen LogP contribution is -2.18. The third-order valence-corrected chi connectivity index (χ3v) is 5.03. The molecule has 4 heteroatoms. The highest BCUT2D eigenvalue weighted by molar-refractivity contribution is 5.84. The topological polar surface area (TPSA) is 74.6 Å². The molecule has 0 atom stereocenters. The van der Waals surface area contributed by atoms with Crippen LogP contribution in [-0.4, -0.2) is 13.6 Å². The van der Waals surface area contributed by atoms with Crippen LogP contribution in [0.15, 0.2) is 29.8 Å². The lowest BCUT2D eigenvalue weighted by atomic mass is 10.0. The number of allylic oxidation sites excluding steroid dienone is 2. The first-order valence-electron chi connectivity index (χ1n) is 10.4. The van der Waals surface area contributed by atoms with Gasteiger partial charge in [0.25, 0.3) is 0 Å². The fourth-order valence-corrected chi connectivity index (χ4v) is 3.25. The Labute approximate surface area is 170 Å². The molecule has 0 N–H and O–H groups in total. The number of nitrogens with zero attached hydrogens (tertiary/aromatic N) is 4. The summed E-state index contributed by atoms with van der Waals surface area (Å²) in [6.07, 6.45) is 13.3. The van der Waals surface area contributed by atoms with Crippen LogP contribution in [0.1, 0.15) is 76.7 Å². The Morgan fingerprint density at radius 2 is 1.25 bits per heavy atom. The van der Waals surface area contributed by atoms with Gasteiger partial charge in [0.15, 0.2) is 0 Å². The minimum atomic E-state index is -0.144. The van der Waals surface area contributed by atoms with Crippen molar-refractivity contribution in [1.82, 2.24) is 0 Å². The van der Waals surface area contributed by atoms with Gasteiger partial charge < -0.3 is 4.90 Å². The first-order valence-corrected chi connectivity index (χ1v) is 10.4. The van der Waals surface area contributed by atoms with Crippen molar-refractivity contribution >= 4 is 11.3 Å². The standard InChI is InChI=1S/C24H32N4/c1-3-4-5-6-7-8-9-10-11-12-17-28(2)23-15-13-21(14-16-23)24(20-27)22(18-25)19-26/h13-16H,3-12,17H2,1-2H3. The Morgan fingerprint density at radius 1 is 0.750 bits per heavy atom. The highest BCUT2D eigenvalue weighted by Gasteiger charge is 2.09. The average Bonchev–Trinajstić information content (AvgIpc) is 2.73. The summed E-state index contributed by atoms with van der Waals surface area (Å²) in [6.45, 7) is 3.25. The van der Waals surface area contributed by atoms with Crippen molar-refractivity contribution in [3.63, 3.8) is 0 Å². The highest BCUT2D eigenvalue weighted by atomic mass is 15.1. The van der Waals surface area contributed by atoms with Gasteiger partial charge in [0.2, 0.25) is 0 Å². The first-order chi connectivity index (χ1) is 13.7. The van der Waals surface area contributed by atoms with Gasteiger partial charge in [-0.3, -0.25) is 0 Å². The van der Waals surface area contributed by atoms with E-state index in [2.05, 4.69) is 18.9 Å². The summed E-state index contributed by atoms with van der Waals surface area (Å²) < 4.78 is 0. The SMILES string of the molecule is CCCCCCCCCCCCN(C)c1ccc(C(C#N)=C(C#N)C#N)cc1. The average molecular weight is 377 g/mol. The quantitative estimate of drug-likeness (QED) is 0.296. The molecule has 0 aliphatic carbocycles. The second-order valence-electron chi connectivity index (χ2n) is 7.24. The second kappa shape index (κ2) is 14.3. The predicted octanol–water partition coefficient (Wildman–Crippen LogP) is 6.37. The van der Waals surface area contributed by atoms with E-state index >= 15 is 0 Å². The van der Waals surface area contributed by atoms with Crippen molar-refractivity contribution < 1.29 is 0 Å². The third kappa shape index (κ3) is 8.28. The number of rotatable bonds is 13. The van der Waals surface area contributed by atoms with Crippen LogP contribution in [0, 0.1) is 34.0 Å². The lowest BCUT2D eigenvalue weighted by molar-refractivity contribution is 0.556. The third-order valence-electron chi connectivity index (χ3n) is 5.03. The van der Waals surface area contributed by atoms with E-state index in [1.54, 1.807) is 24.3 Å². The molecule has 0 saturated carbocycles. The number of nitriles is 3. The van der Waals surface area contributed by atoms with Gasteiger partial charge in [-0.2, -0.15) is 15.8 Å². The molecular formula is C24H32N4. The molecular weight excluding hydrogens is 344 g/mol. The summed E-state index contributed by atoms with van der Waals surface area (Å²) in [5.74, 6) is 0. The maximum absolute atomic E-state index is 9.23. The number of unbranched alkanes of at least 4 members (excludes halogenated alkanes) is 9. The van der Waals surface area contributed by atoms with Crippen LogP contribution in [0.4, 0.5) is 5.69 Å². The van der Waals surface area contributed by atoms with Gasteiger partial charge in [-0.1, -0.05) is 76.8 Å². The maximum atomic E-state index is 9.23. The normalized spacial score (nSPS) is 9.82. The monoisotopic (exact) mass is 376 g/mol. The Bertz CT molecular complexity index is 710. The minimum Gasteiger partial charge on any atom is -0.375 e. The summed E-state index contributed by atoms with van der Waals surface area (Å²) in [4.78, 5) is 2.21. The number of benzene rings is 1. The van der Waals surface area contributed by atoms with Gasteiger partial charge >= 0.3 is 0 Å². The zero-order valence-electron chi connectivity index (χ0n) is 17.4. The van der Waals surface area contributed by atoms with E-state index in [4.69, 9.17) is 10.5 Å². The van der Waals surface area contributed by atoms with Crippen LogP contribution in [0.3, 0.4) is 0 Å². The predicted molar refractivity (Wildman–Crippen MR) is 115 cm³/mol.